The van der Waals surface area contributed by atoms with Crippen molar-refractivity contribution in [1.29, 1.82) is 0 Å². The van der Waals surface area contributed by atoms with Crippen molar-refractivity contribution in [1.82, 2.24) is 4.90 Å². The Labute approximate surface area is 90.0 Å². The van der Waals surface area contributed by atoms with Crippen LogP contribution in [0.1, 0.15) is 17.8 Å². The van der Waals surface area contributed by atoms with Gasteiger partial charge in [0.1, 0.15) is 0 Å². The first-order valence-electron chi connectivity index (χ1n) is 4.84. The predicted octanol–water partition coefficient (Wildman–Crippen LogP) is 2.26. The molecule has 2 nitrogen and oxygen atoms in total. The second-order valence-corrected chi connectivity index (χ2v) is 4.32. The van der Waals surface area contributed by atoms with Crippen LogP contribution in [-0.2, 0) is 0 Å². The Bertz CT molecular complexity index is 267. The smallest absolute Gasteiger partial charge is 0.0413 e. The number of nitrogens with zero attached hydrogens (tertiary/aromatic N) is 1. The second kappa shape index (κ2) is 5.96. The minimum absolute atomic E-state index is 0.484. The minimum atomic E-state index is 0.484. The molecule has 0 fully saturated rings. The van der Waals surface area contributed by atoms with Gasteiger partial charge >= 0.3 is 0 Å². The summed E-state index contributed by atoms with van der Waals surface area (Å²) in [6.45, 7) is 3.81. The lowest BCUT2D eigenvalue weighted by molar-refractivity contribution is 0.293. The van der Waals surface area contributed by atoms with Crippen molar-refractivity contribution >= 4 is 11.3 Å². The average Bonchev–Trinajstić information content (AvgIpc) is 2.69. The highest BCUT2D eigenvalue weighted by atomic mass is 32.1. The molecule has 0 aliphatic carbocycles. The molecule has 78 valence electrons. The van der Waals surface area contributed by atoms with E-state index in [1.165, 1.54) is 4.88 Å². The third-order valence-electron chi connectivity index (χ3n) is 2.31. The molecular formula is C11H18N2S. The molecule has 0 spiro atoms. The summed E-state index contributed by atoms with van der Waals surface area (Å²) in [4.78, 5) is 3.71. The Morgan fingerprint density at radius 1 is 1.57 bits per heavy atom. The third-order valence-corrected chi connectivity index (χ3v) is 3.35. The molecule has 0 saturated heterocycles. The fourth-order valence-electron chi connectivity index (χ4n) is 1.24. The highest BCUT2D eigenvalue weighted by Gasteiger charge is 2.10. The third kappa shape index (κ3) is 3.25. The van der Waals surface area contributed by atoms with Gasteiger partial charge in [-0.15, -0.1) is 11.3 Å². The molecule has 0 aliphatic heterocycles. The molecule has 1 aromatic heterocycles. The summed E-state index contributed by atoms with van der Waals surface area (Å²) >= 11 is 1.81. The van der Waals surface area contributed by atoms with Gasteiger partial charge in [-0.3, -0.25) is 4.90 Å². The summed E-state index contributed by atoms with van der Waals surface area (Å²) in [6.07, 6.45) is 4.11. The van der Waals surface area contributed by atoms with Gasteiger partial charge in [0, 0.05) is 24.0 Å². The molecule has 0 radical (unpaired) electrons. The molecule has 2 N–H and O–H groups in total. The Balaban J connectivity index is 2.44. The molecule has 0 aromatic carbocycles. The van der Waals surface area contributed by atoms with E-state index in [0.717, 1.165) is 6.54 Å². The van der Waals surface area contributed by atoms with Gasteiger partial charge in [0.15, 0.2) is 0 Å². The summed E-state index contributed by atoms with van der Waals surface area (Å²) in [5.74, 6) is 0. The molecule has 0 amide bonds. The van der Waals surface area contributed by atoms with Crippen LogP contribution < -0.4 is 5.73 Å². The highest BCUT2D eigenvalue weighted by molar-refractivity contribution is 7.10. The van der Waals surface area contributed by atoms with Crippen molar-refractivity contribution in [2.75, 3.05) is 20.1 Å². The van der Waals surface area contributed by atoms with Crippen LogP contribution in [0.4, 0.5) is 0 Å². The van der Waals surface area contributed by atoms with E-state index < -0.39 is 0 Å². The Kier molecular flexibility index (Phi) is 4.87. The van der Waals surface area contributed by atoms with Gasteiger partial charge in [0.2, 0.25) is 0 Å². The van der Waals surface area contributed by atoms with Crippen LogP contribution in [0.25, 0.3) is 0 Å². The standard InChI is InChI=1S/C11H18N2S/c1-10(11-6-5-9-14-11)13(2)8-4-3-7-12/h3-6,9-10H,7-8,12H2,1-2H3. The molecule has 0 aliphatic rings. The maximum atomic E-state index is 5.38. The Hall–Kier alpha value is -0.640. The zero-order valence-corrected chi connectivity index (χ0v) is 9.63. The number of hydrogen-bond donors (Lipinski definition) is 1. The molecule has 0 bridgehead atoms. The van der Waals surface area contributed by atoms with E-state index in [2.05, 4.69) is 42.5 Å². The zero-order valence-electron chi connectivity index (χ0n) is 8.81. The highest BCUT2D eigenvalue weighted by Crippen LogP contribution is 2.22. The fourth-order valence-corrected chi connectivity index (χ4v) is 2.09. The molecule has 1 unspecified atom stereocenters. The van der Waals surface area contributed by atoms with E-state index in [-0.39, 0.29) is 0 Å². The molecule has 14 heavy (non-hydrogen) atoms. The zero-order chi connectivity index (χ0) is 10.4. The molecule has 1 rings (SSSR count). The first kappa shape index (κ1) is 11.4. The molecule has 0 saturated carbocycles. The predicted molar refractivity (Wildman–Crippen MR) is 63.6 cm³/mol. The number of rotatable bonds is 5. The van der Waals surface area contributed by atoms with Crippen molar-refractivity contribution in [2.24, 2.45) is 5.73 Å². The maximum absolute atomic E-state index is 5.38. The van der Waals surface area contributed by atoms with Crippen molar-refractivity contribution < 1.29 is 0 Å². The fraction of sp³-hybridized carbons (Fsp3) is 0.455. The lowest BCUT2D eigenvalue weighted by Crippen LogP contribution is -2.21. The first-order valence-corrected chi connectivity index (χ1v) is 5.72. The molecule has 1 aromatic rings. The van der Waals surface area contributed by atoms with Crippen LogP contribution in [0.5, 0.6) is 0 Å². The number of nitrogens with two attached hydrogens (primary N) is 1. The Morgan fingerprint density at radius 2 is 2.36 bits per heavy atom. The molecule has 1 heterocycles. The molecule has 3 heteroatoms. The van der Waals surface area contributed by atoms with Crippen LogP contribution in [0.15, 0.2) is 29.7 Å². The van der Waals surface area contributed by atoms with Crippen molar-refractivity contribution in [3.63, 3.8) is 0 Å². The van der Waals surface area contributed by atoms with Gasteiger partial charge in [-0.1, -0.05) is 18.2 Å². The number of thiophene rings is 1. The minimum Gasteiger partial charge on any atom is -0.327 e. The monoisotopic (exact) mass is 210 g/mol. The molecular weight excluding hydrogens is 192 g/mol. The number of likely N-dealkylation sites (N-methyl/N-ethyl adjacent to an activating group) is 1. The summed E-state index contributed by atoms with van der Waals surface area (Å²) in [5, 5.41) is 2.12. The van der Waals surface area contributed by atoms with Crippen LogP contribution in [0.2, 0.25) is 0 Å². The van der Waals surface area contributed by atoms with Crippen molar-refractivity contribution in [2.45, 2.75) is 13.0 Å². The maximum Gasteiger partial charge on any atom is 0.0413 e. The summed E-state index contributed by atoms with van der Waals surface area (Å²) in [5.41, 5.74) is 5.38. The quantitative estimate of drug-likeness (QED) is 0.755. The van der Waals surface area contributed by atoms with Gasteiger partial charge < -0.3 is 5.73 Å². The second-order valence-electron chi connectivity index (χ2n) is 3.34. The lowest BCUT2D eigenvalue weighted by Gasteiger charge is -2.21. The van der Waals surface area contributed by atoms with Crippen LogP contribution in [0, 0.1) is 0 Å². The van der Waals surface area contributed by atoms with Gasteiger partial charge in [0.05, 0.1) is 0 Å². The van der Waals surface area contributed by atoms with Gasteiger partial charge in [-0.25, -0.2) is 0 Å². The Morgan fingerprint density at radius 3 is 2.93 bits per heavy atom. The summed E-state index contributed by atoms with van der Waals surface area (Å²) in [6, 6.07) is 4.76. The van der Waals surface area contributed by atoms with Crippen molar-refractivity contribution in [3.8, 4) is 0 Å². The summed E-state index contributed by atoms with van der Waals surface area (Å²) < 4.78 is 0. The normalized spacial score (nSPS) is 14.0. The van der Waals surface area contributed by atoms with E-state index >= 15 is 0 Å². The van der Waals surface area contributed by atoms with E-state index in [1.54, 1.807) is 0 Å². The van der Waals surface area contributed by atoms with Gasteiger partial charge in [-0.2, -0.15) is 0 Å². The summed E-state index contributed by atoms with van der Waals surface area (Å²) in [7, 11) is 2.13. The van der Waals surface area contributed by atoms with E-state index in [1.807, 2.05) is 17.4 Å². The largest absolute Gasteiger partial charge is 0.327 e. The van der Waals surface area contributed by atoms with E-state index in [9.17, 15) is 0 Å². The first-order chi connectivity index (χ1) is 6.75. The van der Waals surface area contributed by atoms with Crippen molar-refractivity contribution in [3.05, 3.63) is 34.5 Å². The van der Waals surface area contributed by atoms with Gasteiger partial charge in [-0.05, 0) is 25.4 Å². The van der Waals surface area contributed by atoms with Crippen LogP contribution in [0.3, 0.4) is 0 Å². The van der Waals surface area contributed by atoms with E-state index in [4.69, 9.17) is 5.73 Å². The number of hydrogen-bond acceptors (Lipinski definition) is 3. The van der Waals surface area contributed by atoms with Crippen LogP contribution >= 0.6 is 11.3 Å². The average molecular weight is 210 g/mol. The topological polar surface area (TPSA) is 29.3 Å². The van der Waals surface area contributed by atoms with Crippen LogP contribution in [-0.4, -0.2) is 25.0 Å². The molecule has 1 atom stereocenters. The SMILES string of the molecule is CC(c1cccs1)N(C)CC=CCN. The van der Waals surface area contributed by atoms with E-state index in [0.29, 0.717) is 12.6 Å². The lowest BCUT2D eigenvalue weighted by atomic mass is 10.2. The van der Waals surface area contributed by atoms with Gasteiger partial charge in [0.25, 0.3) is 0 Å².